The van der Waals surface area contributed by atoms with Crippen molar-refractivity contribution in [1.82, 2.24) is 0 Å². The molecule has 0 heterocycles. The molecule has 0 bridgehead atoms. The topological polar surface area (TPSA) is 29.5 Å². The summed E-state index contributed by atoms with van der Waals surface area (Å²) in [5, 5.41) is 10.4. The first-order valence-electron chi connectivity index (χ1n) is 5.73. The number of benzene rings is 1. The van der Waals surface area contributed by atoms with Gasteiger partial charge in [0.1, 0.15) is 0 Å². The highest BCUT2D eigenvalue weighted by Crippen LogP contribution is 2.34. The number of ether oxygens (including phenoxy) is 1. The van der Waals surface area contributed by atoms with Crippen LogP contribution in [0, 0.1) is 11.2 Å². The van der Waals surface area contributed by atoms with Gasteiger partial charge >= 0.3 is 0 Å². The van der Waals surface area contributed by atoms with Gasteiger partial charge in [-0.2, -0.15) is 0 Å². The molecule has 1 unspecified atom stereocenters. The Balaban J connectivity index is 3.04. The highest BCUT2D eigenvalue weighted by molar-refractivity contribution is 5.32. The molecule has 1 aromatic rings. The van der Waals surface area contributed by atoms with Crippen LogP contribution < -0.4 is 4.74 Å². The Morgan fingerprint density at radius 2 is 1.82 bits per heavy atom. The van der Waals surface area contributed by atoms with Crippen molar-refractivity contribution in [3.8, 4) is 5.75 Å². The minimum Gasteiger partial charge on any atom is -0.494 e. The molecule has 0 saturated carbocycles. The van der Waals surface area contributed by atoms with Crippen molar-refractivity contribution in [2.24, 2.45) is 5.41 Å². The van der Waals surface area contributed by atoms with Gasteiger partial charge in [-0.3, -0.25) is 0 Å². The summed E-state index contributed by atoms with van der Waals surface area (Å²) in [6.07, 6.45) is 0.263. The smallest absolute Gasteiger partial charge is 0.168 e. The Morgan fingerprint density at radius 3 is 2.29 bits per heavy atom. The van der Waals surface area contributed by atoms with Crippen LogP contribution in [0.5, 0.6) is 5.75 Å². The first-order valence-corrected chi connectivity index (χ1v) is 5.73. The number of halogens is 1. The van der Waals surface area contributed by atoms with Gasteiger partial charge in [-0.25, -0.2) is 4.39 Å². The highest BCUT2D eigenvalue weighted by atomic mass is 19.1. The molecule has 1 rings (SSSR count). The van der Waals surface area contributed by atoms with Crippen molar-refractivity contribution < 1.29 is 14.2 Å². The molecule has 0 amide bonds. The molecular weight excluding hydrogens is 219 g/mol. The third-order valence-corrected chi connectivity index (χ3v) is 3.41. The maximum atomic E-state index is 14.0. The van der Waals surface area contributed by atoms with Crippen LogP contribution in [0.2, 0.25) is 0 Å². The van der Waals surface area contributed by atoms with E-state index in [-0.39, 0.29) is 23.4 Å². The molecule has 0 aliphatic heterocycles. The number of methoxy groups -OCH3 is 1. The Morgan fingerprint density at radius 1 is 1.24 bits per heavy atom. The summed E-state index contributed by atoms with van der Waals surface area (Å²) in [5.74, 6) is -0.174. The van der Waals surface area contributed by atoms with Crippen LogP contribution in [-0.2, 0) is 6.42 Å². The summed E-state index contributed by atoms with van der Waals surface area (Å²) in [6, 6.07) is 4.98. The molecule has 0 saturated heterocycles. The van der Waals surface area contributed by atoms with E-state index < -0.39 is 5.60 Å². The third-order valence-electron chi connectivity index (χ3n) is 3.41. The van der Waals surface area contributed by atoms with Crippen LogP contribution in [0.25, 0.3) is 0 Å². The van der Waals surface area contributed by atoms with Gasteiger partial charge in [0.05, 0.1) is 12.7 Å². The van der Waals surface area contributed by atoms with Crippen molar-refractivity contribution in [3.05, 3.63) is 29.6 Å². The average molecular weight is 240 g/mol. The van der Waals surface area contributed by atoms with Crippen LogP contribution in [-0.4, -0.2) is 17.8 Å². The standard InChI is InChI=1S/C14H21FO2/c1-13(2,3)14(4,16)9-10-7-6-8-11(17-5)12(10)15/h6-8,16H,9H2,1-5H3. The maximum Gasteiger partial charge on any atom is 0.168 e. The number of hydrogen-bond donors (Lipinski definition) is 1. The fourth-order valence-electron chi connectivity index (χ4n) is 1.49. The van der Waals surface area contributed by atoms with Gasteiger partial charge < -0.3 is 9.84 Å². The van der Waals surface area contributed by atoms with E-state index in [1.807, 2.05) is 20.8 Å². The van der Waals surface area contributed by atoms with Crippen LogP contribution in [0.1, 0.15) is 33.3 Å². The van der Waals surface area contributed by atoms with E-state index in [9.17, 15) is 9.50 Å². The Kier molecular flexibility index (Phi) is 3.82. The van der Waals surface area contributed by atoms with E-state index in [2.05, 4.69) is 0 Å². The van der Waals surface area contributed by atoms with Crippen molar-refractivity contribution in [3.63, 3.8) is 0 Å². The summed E-state index contributed by atoms with van der Waals surface area (Å²) in [6.45, 7) is 7.53. The fraction of sp³-hybridized carbons (Fsp3) is 0.571. The van der Waals surface area contributed by atoms with Crippen molar-refractivity contribution in [1.29, 1.82) is 0 Å². The van der Waals surface area contributed by atoms with Crippen molar-refractivity contribution in [2.75, 3.05) is 7.11 Å². The second-order valence-electron chi connectivity index (χ2n) is 5.63. The lowest BCUT2D eigenvalue weighted by Crippen LogP contribution is -2.41. The molecule has 96 valence electrons. The summed E-state index contributed by atoms with van der Waals surface area (Å²) >= 11 is 0. The molecule has 0 aromatic heterocycles. The Bertz CT molecular complexity index is 392. The van der Waals surface area contributed by atoms with Gasteiger partial charge in [0, 0.05) is 6.42 Å². The minimum absolute atomic E-state index is 0.215. The molecule has 3 heteroatoms. The molecule has 0 aliphatic carbocycles. The lowest BCUT2D eigenvalue weighted by Gasteiger charge is -2.37. The molecule has 1 N–H and O–H groups in total. The van der Waals surface area contributed by atoms with Gasteiger partial charge in [0.15, 0.2) is 11.6 Å². The minimum atomic E-state index is -0.972. The molecule has 0 aliphatic rings. The first-order chi connectivity index (χ1) is 7.69. The molecular formula is C14H21FO2. The predicted molar refractivity (Wildman–Crippen MR) is 66.7 cm³/mol. The lowest BCUT2D eigenvalue weighted by molar-refractivity contribution is -0.0411. The molecule has 0 radical (unpaired) electrons. The molecule has 2 nitrogen and oxygen atoms in total. The van der Waals surface area contributed by atoms with Crippen LogP contribution in [0.4, 0.5) is 4.39 Å². The Labute approximate surface area is 102 Å². The van der Waals surface area contributed by atoms with Gasteiger partial charge in [-0.15, -0.1) is 0 Å². The zero-order valence-electron chi connectivity index (χ0n) is 11.2. The van der Waals surface area contributed by atoms with E-state index in [1.54, 1.807) is 25.1 Å². The van der Waals surface area contributed by atoms with E-state index in [1.165, 1.54) is 7.11 Å². The third kappa shape index (κ3) is 2.97. The number of hydrogen-bond acceptors (Lipinski definition) is 2. The summed E-state index contributed by atoms with van der Waals surface area (Å²) in [7, 11) is 1.43. The normalized spacial score (nSPS) is 15.5. The SMILES string of the molecule is COc1cccc(CC(C)(O)C(C)(C)C)c1F. The fourth-order valence-corrected chi connectivity index (χ4v) is 1.49. The zero-order valence-corrected chi connectivity index (χ0v) is 11.2. The second kappa shape index (κ2) is 4.65. The van der Waals surface area contributed by atoms with E-state index in [4.69, 9.17) is 4.74 Å². The maximum absolute atomic E-state index is 14.0. The second-order valence-corrected chi connectivity index (χ2v) is 5.63. The number of rotatable bonds is 3. The molecule has 17 heavy (non-hydrogen) atoms. The van der Waals surface area contributed by atoms with Gasteiger partial charge in [-0.05, 0) is 24.0 Å². The zero-order chi connectivity index (χ0) is 13.3. The summed E-state index contributed by atoms with van der Waals surface area (Å²) in [4.78, 5) is 0. The summed E-state index contributed by atoms with van der Waals surface area (Å²) in [5.41, 5.74) is -0.813. The van der Waals surface area contributed by atoms with Crippen molar-refractivity contribution in [2.45, 2.75) is 39.7 Å². The van der Waals surface area contributed by atoms with Crippen molar-refractivity contribution >= 4 is 0 Å². The quantitative estimate of drug-likeness (QED) is 0.879. The molecule has 0 fully saturated rings. The van der Waals surface area contributed by atoms with Crippen LogP contribution in [0.3, 0.4) is 0 Å². The number of aliphatic hydroxyl groups is 1. The monoisotopic (exact) mass is 240 g/mol. The van der Waals surface area contributed by atoms with E-state index in [0.29, 0.717) is 5.56 Å². The van der Waals surface area contributed by atoms with Gasteiger partial charge in [0.2, 0.25) is 0 Å². The molecule has 1 aromatic carbocycles. The average Bonchev–Trinajstić information content (AvgIpc) is 2.19. The van der Waals surface area contributed by atoms with E-state index >= 15 is 0 Å². The highest BCUT2D eigenvalue weighted by Gasteiger charge is 2.36. The summed E-state index contributed by atoms with van der Waals surface area (Å²) < 4.78 is 18.9. The first kappa shape index (κ1) is 14.0. The van der Waals surface area contributed by atoms with E-state index in [0.717, 1.165) is 0 Å². The van der Waals surface area contributed by atoms with Crippen LogP contribution in [0.15, 0.2) is 18.2 Å². The lowest BCUT2D eigenvalue weighted by atomic mass is 9.74. The van der Waals surface area contributed by atoms with Gasteiger partial charge in [-0.1, -0.05) is 32.9 Å². The van der Waals surface area contributed by atoms with Gasteiger partial charge in [0.25, 0.3) is 0 Å². The van der Waals surface area contributed by atoms with Crippen LogP contribution >= 0.6 is 0 Å². The Hall–Kier alpha value is -1.09. The predicted octanol–water partition coefficient (Wildman–Crippen LogP) is 3.17. The largest absolute Gasteiger partial charge is 0.494 e. The molecule has 1 atom stereocenters. The molecule has 0 spiro atoms.